The molecule has 1 amide bonds. The van der Waals surface area contributed by atoms with Gasteiger partial charge in [-0.1, -0.05) is 12.1 Å². The second-order valence-electron chi connectivity index (χ2n) is 5.62. The average molecular weight is 317 g/mol. The van der Waals surface area contributed by atoms with Gasteiger partial charge in [0, 0.05) is 29.6 Å². The Kier molecular flexibility index (Phi) is 4.52. The lowest BCUT2D eigenvalue weighted by atomic mass is 10.1. The number of hydrogen-bond donors (Lipinski definition) is 2. The summed E-state index contributed by atoms with van der Waals surface area (Å²) in [6.45, 7) is 2.50. The molecular weight excluding hydrogens is 298 g/mol. The second-order valence-corrected chi connectivity index (χ2v) is 6.47. The van der Waals surface area contributed by atoms with Gasteiger partial charge >= 0.3 is 0 Å². The Morgan fingerprint density at radius 3 is 2.86 bits per heavy atom. The number of carbonyl (C=O) groups excluding carboxylic acids is 1. The van der Waals surface area contributed by atoms with E-state index in [1.807, 2.05) is 12.1 Å². The van der Waals surface area contributed by atoms with Crippen molar-refractivity contribution in [1.82, 2.24) is 9.88 Å². The maximum atomic E-state index is 11.1. The number of nitrogens with two attached hydrogens (primary N) is 1. The third-order valence-corrected chi connectivity index (χ3v) is 4.77. The zero-order valence-corrected chi connectivity index (χ0v) is 13.1. The molecule has 0 saturated carbocycles. The van der Waals surface area contributed by atoms with E-state index in [1.165, 1.54) is 0 Å². The summed E-state index contributed by atoms with van der Waals surface area (Å²) in [6.07, 6.45) is 1.71. The number of aliphatic hydroxyl groups is 1. The molecule has 3 rings (SSSR count). The van der Waals surface area contributed by atoms with Crippen molar-refractivity contribution in [3.8, 4) is 10.6 Å². The summed E-state index contributed by atoms with van der Waals surface area (Å²) in [5.41, 5.74) is 7.75. The molecule has 22 heavy (non-hydrogen) atoms. The molecule has 1 atom stereocenters. The van der Waals surface area contributed by atoms with E-state index in [-0.39, 0.29) is 6.10 Å². The van der Waals surface area contributed by atoms with Gasteiger partial charge in [0.05, 0.1) is 11.8 Å². The fourth-order valence-electron chi connectivity index (χ4n) is 2.69. The monoisotopic (exact) mass is 317 g/mol. The van der Waals surface area contributed by atoms with E-state index < -0.39 is 5.91 Å². The summed E-state index contributed by atoms with van der Waals surface area (Å²) in [5.74, 6) is -0.421. The van der Waals surface area contributed by atoms with Crippen LogP contribution >= 0.6 is 11.3 Å². The summed E-state index contributed by atoms with van der Waals surface area (Å²) in [7, 11) is 0. The minimum absolute atomic E-state index is 0.215. The van der Waals surface area contributed by atoms with E-state index in [0.29, 0.717) is 5.56 Å². The van der Waals surface area contributed by atoms with E-state index in [2.05, 4.69) is 15.3 Å². The molecule has 0 bridgehead atoms. The molecule has 1 aliphatic heterocycles. The number of rotatable bonds is 4. The highest BCUT2D eigenvalue weighted by atomic mass is 32.1. The lowest BCUT2D eigenvalue weighted by Gasteiger charge is -2.29. The van der Waals surface area contributed by atoms with Crippen molar-refractivity contribution >= 4 is 17.2 Å². The molecule has 3 N–H and O–H groups in total. The minimum atomic E-state index is -0.421. The number of benzene rings is 1. The number of β-amino-alcohol motifs (C(OH)–C–C–N with tert-alkyl or cyclic N) is 1. The summed E-state index contributed by atoms with van der Waals surface area (Å²) in [4.78, 5) is 18.0. The van der Waals surface area contributed by atoms with Crippen LogP contribution in [0.1, 0.15) is 28.9 Å². The third-order valence-electron chi connectivity index (χ3n) is 3.83. The van der Waals surface area contributed by atoms with Gasteiger partial charge in [0.2, 0.25) is 5.91 Å². The van der Waals surface area contributed by atoms with Gasteiger partial charge in [0.15, 0.2) is 0 Å². The first-order valence-corrected chi connectivity index (χ1v) is 8.25. The maximum Gasteiger partial charge on any atom is 0.248 e. The fraction of sp³-hybridized carbons (Fsp3) is 0.375. The molecule has 116 valence electrons. The molecule has 1 aromatic carbocycles. The maximum absolute atomic E-state index is 11.1. The van der Waals surface area contributed by atoms with Gasteiger partial charge < -0.3 is 10.8 Å². The first-order chi connectivity index (χ1) is 10.6. The smallest absolute Gasteiger partial charge is 0.248 e. The van der Waals surface area contributed by atoms with Crippen molar-refractivity contribution in [3.63, 3.8) is 0 Å². The average Bonchev–Trinajstić information content (AvgIpc) is 2.96. The predicted octanol–water partition coefficient (Wildman–Crippen LogP) is 1.87. The Bertz CT molecular complexity index is 654. The third kappa shape index (κ3) is 3.52. The van der Waals surface area contributed by atoms with Crippen LogP contribution in [0.5, 0.6) is 0 Å². The van der Waals surface area contributed by atoms with E-state index in [1.54, 1.807) is 23.5 Å². The van der Waals surface area contributed by atoms with E-state index in [4.69, 9.17) is 5.73 Å². The van der Waals surface area contributed by atoms with Gasteiger partial charge in [-0.15, -0.1) is 11.3 Å². The largest absolute Gasteiger partial charge is 0.392 e. The van der Waals surface area contributed by atoms with Crippen molar-refractivity contribution in [3.05, 3.63) is 40.9 Å². The van der Waals surface area contributed by atoms with Crippen molar-refractivity contribution in [2.45, 2.75) is 25.5 Å². The molecule has 1 fully saturated rings. The predicted molar refractivity (Wildman–Crippen MR) is 86.6 cm³/mol. The van der Waals surface area contributed by atoms with Crippen molar-refractivity contribution < 1.29 is 9.90 Å². The molecule has 6 heteroatoms. The Labute approximate surface area is 133 Å². The molecule has 2 aromatic rings. The highest BCUT2D eigenvalue weighted by molar-refractivity contribution is 7.13. The Morgan fingerprint density at radius 2 is 2.18 bits per heavy atom. The molecule has 1 aromatic heterocycles. The summed E-state index contributed by atoms with van der Waals surface area (Å²) >= 11 is 1.59. The van der Waals surface area contributed by atoms with E-state index >= 15 is 0 Å². The fourth-order valence-corrected chi connectivity index (χ4v) is 3.51. The lowest BCUT2D eigenvalue weighted by Crippen LogP contribution is -2.37. The number of nitrogens with zero attached hydrogens (tertiary/aromatic N) is 2. The minimum Gasteiger partial charge on any atom is -0.392 e. The number of aromatic nitrogens is 1. The number of amides is 1. The van der Waals surface area contributed by atoms with Crippen molar-refractivity contribution in [2.24, 2.45) is 5.73 Å². The van der Waals surface area contributed by atoms with Crippen LogP contribution in [-0.4, -0.2) is 40.1 Å². The number of likely N-dealkylation sites (tertiary alicyclic amines) is 1. The van der Waals surface area contributed by atoms with Crippen molar-refractivity contribution in [1.29, 1.82) is 0 Å². The summed E-state index contributed by atoms with van der Waals surface area (Å²) in [6, 6.07) is 7.18. The van der Waals surface area contributed by atoms with Crippen LogP contribution in [-0.2, 0) is 6.54 Å². The topological polar surface area (TPSA) is 79.5 Å². The van der Waals surface area contributed by atoms with Crippen LogP contribution in [0.2, 0.25) is 0 Å². The normalized spacial score (nSPS) is 19.2. The quantitative estimate of drug-likeness (QED) is 0.902. The van der Waals surface area contributed by atoms with E-state index in [0.717, 1.165) is 48.7 Å². The van der Waals surface area contributed by atoms with Gasteiger partial charge in [-0.05, 0) is 31.5 Å². The Balaban J connectivity index is 1.69. The molecular formula is C16H19N3O2S. The molecule has 5 nitrogen and oxygen atoms in total. The van der Waals surface area contributed by atoms with Crippen LogP contribution in [0.25, 0.3) is 10.6 Å². The SMILES string of the molecule is NC(=O)c1ccc(-c2nc(CN3CCCC(O)C3)cs2)cc1. The summed E-state index contributed by atoms with van der Waals surface area (Å²) in [5, 5.41) is 12.7. The van der Waals surface area contributed by atoms with Crippen LogP contribution in [0.4, 0.5) is 0 Å². The zero-order chi connectivity index (χ0) is 15.5. The Hall–Kier alpha value is -1.76. The van der Waals surface area contributed by atoms with Gasteiger partial charge in [-0.3, -0.25) is 9.69 Å². The van der Waals surface area contributed by atoms with Crippen LogP contribution in [0.15, 0.2) is 29.6 Å². The summed E-state index contributed by atoms with van der Waals surface area (Å²) < 4.78 is 0. The van der Waals surface area contributed by atoms with Crippen LogP contribution in [0.3, 0.4) is 0 Å². The standard InChI is InChI=1S/C16H19N3O2S/c17-15(21)11-3-5-12(6-4-11)16-18-13(10-22-16)8-19-7-1-2-14(20)9-19/h3-6,10,14,20H,1-2,7-9H2,(H2,17,21). The molecule has 0 spiro atoms. The van der Waals surface area contributed by atoms with E-state index in [9.17, 15) is 9.90 Å². The first kappa shape index (κ1) is 15.1. The zero-order valence-electron chi connectivity index (χ0n) is 12.2. The van der Waals surface area contributed by atoms with Crippen LogP contribution in [0, 0.1) is 0 Å². The molecule has 0 aliphatic carbocycles. The van der Waals surface area contributed by atoms with Gasteiger partial charge in [0.25, 0.3) is 0 Å². The second kappa shape index (κ2) is 6.56. The molecule has 0 radical (unpaired) electrons. The number of carbonyl (C=O) groups is 1. The molecule has 1 saturated heterocycles. The molecule has 2 heterocycles. The number of thiazole rings is 1. The number of hydrogen-bond acceptors (Lipinski definition) is 5. The molecule has 1 unspecified atom stereocenters. The van der Waals surface area contributed by atoms with Crippen molar-refractivity contribution in [2.75, 3.05) is 13.1 Å². The van der Waals surface area contributed by atoms with Gasteiger partial charge in [-0.2, -0.15) is 0 Å². The number of primary amides is 1. The number of aliphatic hydroxyl groups excluding tert-OH is 1. The number of piperidine rings is 1. The first-order valence-electron chi connectivity index (χ1n) is 7.37. The Morgan fingerprint density at radius 1 is 1.41 bits per heavy atom. The van der Waals surface area contributed by atoms with Gasteiger partial charge in [-0.25, -0.2) is 4.98 Å². The molecule has 1 aliphatic rings. The lowest BCUT2D eigenvalue weighted by molar-refractivity contribution is 0.0663. The van der Waals surface area contributed by atoms with Crippen LogP contribution < -0.4 is 5.73 Å². The highest BCUT2D eigenvalue weighted by Gasteiger charge is 2.18. The highest BCUT2D eigenvalue weighted by Crippen LogP contribution is 2.25. The van der Waals surface area contributed by atoms with Gasteiger partial charge in [0.1, 0.15) is 5.01 Å².